The van der Waals surface area contributed by atoms with Gasteiger partial charge in [-0.25, -0.2) is 4.18 Å². The van der Waals surface area contributed by atoms with Gasteiger partial charge >= 0.3 is 10.4 Å². The molecule has 0 radical (unpaired) electrons. The molecular formula is C51H97NO11S. The highest BCUT2D eigenvalue weighted by Crippen LogP contribution is 2.26. The van der Waals surface area contributed by atoms with E-state index in [0.29, 0.717) is 6.42 Å². The predicted molar refractivity (Wildman–Crippen MR) is 259 cm³/mol. The summed E-state index contributed by atoms with van der Waals surface area (Å²) < 4.78 is 47.7. The normalized spacial score (nSPS) is 20.4. The minimum Gasteiger partial charge on any atom is -0.394 e. The van der Waals surface area contributed by atoms with Crippen molar-refractivity contribution in [1.29, 1.82) is 0 Å². The maximum Gasteiger partial charge on any atom is 0.397 e. The Balaban J connectivity index is 2.44. The van der Waals surface area contributed by atoms with Gasteiger partial charge in [-0.1, -0.05) is 212 Å². The number of amides is 1. The molecule has 7 atom stereocenters. The van der Waals surface area contributed by atoms with Crippen molar-refractivity contribution in [2.75, 3.05) is 13.2 Å². The average Bonchev–Trinajstić information content (AvgIpc) is 3.27. The largest absolute Gasteiger partial charge is 0.397 e. The van der Waals surface area contributed by atoms with E-state index in [1.54, 1.807) is 6.08 Å². The lowest BCUT2D eigenvalue weighted by Crippen LogP contribution is -2.61. The van der Waals surface area contributed by atoms with Gasteiger partial charge in [-0.2, -0.15) is 8.42 Å². The van der Waals surface area contributed by atoms with E-state index in [9.17, 15) is 38.2 Å². The van der Waals surface area contributed by atoms with Crippen LogP contribution in [-0.2, 0) is 28.9 Å². The molecule has 7 unspecified atom stereocenters. The molecule has 1 aliphatic heterocycles. The number of rotatable bonds is 45. The zero-order valence-electron chi connectivity index (χ0n) is 40.6. The Bertz CT molecular complexity index is 1230. The van der Waals surface area contributed by atoms with Gasteiger partial charge in [0.15, 0.2) is 6.29 Å². The zero-order chi connectivity index (χ0) is 46.9. The molecule has 0 aliphatic carbocycles. The predicted octanol–water partition coefficient (Wildman–Crippen LogP) is 11.3. The maximum atomic E-state index is 13.1. The highest BCUT2D eigenvalue weighted by Gasteiger charge is 2.48. The maximum absolute atomic E-state index is 13.1. The molecule has 64 heavy (non-hydrogen) atoms. The molecule has 0 aromatic carbocycles. The van der Waals surface area contributed by atoms with E-state index in [1.165, 1.54) is 167 Å². The van der Waals surface area contributed by atoms with Crippen molar-refractivity contribution in [3.8, 4) is 0 Å². The van der Waals surface area contributed by atoms with Crippen molar-refractivity contribution in [3.63, 3.8) is 0 Å². The van der Waals surface area contributed by atoms with Gasteiger partial charge in [-0.15, -0.1) is 0 Å². The molecule has 1 saturated heterocycles. The molecule has 12 nitrogen and oxygen atoms in total. The number of carbonyl (C=O) groups excluding carboxylic acids is 1. The number of hydrogen-bond acceptors (Lipinski definition) is 10. The van der Waals surface area contributed by atoms with Gasteiger partial charge in [0, 0.05) is 6.42 Å². The summed E-state index contributed by atoms with van der Waals surface area (Å²) in [4.78, 5) is 13.1. The molecule has 1 aliphatic rings. The summed E-state index contributed by atoms with van der Waals surface area (Å²) in [6, 6.07) is -0.944. The van der Waals surface area contributed by atoms with Crippen molar-refractivity contribution >= 4 is 16.3 Å². The van der Waals surface area contributed by atoms with Gasteiger partial charge in [-0.05, 0) is 44.9 Å². The van der Waals surface area contributed by atoms with Crippen LogP contribution in [0.1, 0.15) is 239 Å². The smallest absolute Gasteiger partial charge is 0.394 e. The van der Waals surface area contributed by atoms with E-state index in [4.69, 9.17) is 9.47 Å². The lowest BCUT2D eigenvalue weighted by molar-refractivity contribution is -0.298. The molecule has 0 saturated carbocycles. The van der Waals surface area contributed by atoms with E-state index in [-0.39, 0.29) is 18.9 Å². The van der Waals surface area contributed by atoms with Crippen molar-refractivity contribution in [2.24, 2.45) is 0 Å². The van der Waals surface area contributed by atoms with Crippen LogP contribution in [0, 0.1) is 0 Å². The molecular weight excluding hydrogens is 835 g/mol. The molecule has 0 bridgehead atoms. The van der Waals surface area contributed by atoms with E-state index in [2.05, 4.69) is 35.5 Å². The first kappa shape index (κ1) is 60.6. The first-order valence-electron chi connectivity index (χ1n) is 26.2. The number of allylic oxidation sites excluding steroid dienone is 3. The van der Waals surface area contributed by atoms with Crippen molar-refractivity contribution in [1.82, 2.24) is 5.32 Å². The Labute approximate surface area is 391 Å². The Morgan fingerprint density at radius 1 is 0.609 bits per heavy atom. The third-order valence-electron chi connectivity index (χ3n) is 12.5. The quantitative estimate of drug-likeness (QED) is 0.0193. The molecule has 13 heteroatoms. The average molecular weight is 932 g/mol. The fraction of sp³-hybridized carbons (Fsp3) is 0.902. The monoisotopic (exact) mass is 932 g/mol. The van der Waals surface area contributed by atoms with E-state index in [0.717, 1.165) is 44.9 Å². The van der Waals surface area contributed by atoms with Crippen LogP contribution in [0.5, 0.6) is 0 Å². The van der Waals surface area contributed by atoms with Gasteiger partial charge in [-0.3, -0.25) is 9.35 Å². The van der Waals surface area contributed by atoms with Gasteiger partial charge in [0.25, 0.3) is 0 Å². The van der Waals surface area contributed by atoms with Gasteiger partial charge in [0.1, 0.15) is 24.4 Å². The van der Waals surface area contributed by atoms with Crippen molar-refractivity contribution < 1.29 is 51.8 Å². The lowest BCUT2D eigenvalue weighted by atomic mass is 9.99. The minimum atomic E-state index is -5.09. The summed E-state index contributed by atoms with van der Waals surface area (Å²) in [6.07, 6.45) is 40.7. The SMILES string of the molecule is CCCCCCCCCCCC/C=C\CCCCCCCCCC(=O)NC(COC1OC(CO)C(O)C(OS(=O)(=O)O)C1O)C(O)/C=C/CCCCCCCCCCCCCCCC. The van der Waals surface area contributed by atoms with Crippen molar-refractivity contribution in [3.05, 3.63) is 24.3 Å². The Kier molecular flexibility index (Phi) is 39.5. The second kappa shape index (κ2) is 41.7. The van der Waals surface area contributed by atoms with Crippen LogP contribution in [0.2, 0.25) is 0 Å². The van der Waals surface area contributed by atoms with Gasteiger partial charge in [0.2, 0.25) is 5.91 Å². The summed E-state index contributed by atoms with van der Waals surface area (Å²) >= 11 is 0. The molecule has 1 rings (SSSR count). The number of hydrogen-bond donors (Lipinski definition) is 6. The fourth-order valence-electron chi connectivity index (χ4n) is 8.39. The Hall–Kier alpha value is -1.42. The number of aliphatic hydroxyl groups is 4. The van der Waals surface area contributed by atoms with Crippen LogP contribution in [-0.4, -0.2) is 95.4 Å². The third-order valence-corrected chi connectivity index (χ3v) is 12.9. The summed E-state index contributed by atoms with van der Waals surface area (Å²) in [5, 5.41) is 44.8. The molecule has 1 amide bonds. The van der Waals surface area contributed by atoms with Crippen LogP contribution in [0.25, 0.3) is 0 Å². The van der Waals surface area contributed by atoms with Gasteiger partial charge in [0.05, 0.1) is 25.4 Å². The summed E-state index contributed by atoms with van der Waals surface area (Å²) in [7, 11) is -5.09. The molecule has 1 heterocycles. The lowest BCUT2D eigenvalue weighted by Gasteiger charge is -2.41. The molecule has 378 valence electrons. The first-order chi connectivity index (χ1) is 31.0. The number of unbranched alkanes of at least 4 members (excludes halogenated alkanes) is 31. The summed E-state index contributed by atoms with van der Waals surface area (Å²) in [5.74, 6) is -0.265. The van der Waals surface area contributed by atoms with Crippen LogP contribution in [0.4, 0.5) is 0 Å². The standard InChI is InChI=1S/C51H97NO11S/c1-3-5-7-9-11-13-15-17-19-21-22-23-24-25-27-29-31-33-35-37-39-41-47(55)52-44(43-61-51-49(57)50(63-64(58,59)60)48(56)46(42-53)62-51)45(54)40-38-36-34-32-30-28-26-20-18-16-14-12-10-8-6-4-2/h23-24,38,40,44-46,48-51,53-54,56-57H,3-22,25-37,39,41-43H2,1-2H3,(H,52,55)(H,58,59,60)/b24-23-,40-38+. The van der Waals surface area contributed by atoms with E-state index >= 15 is 0 Å². The second-order valence-electron chi connectivity index (χ2n) is 18.5. The topological polar surface area (TPSA) is 192 Å². The Morgan fingerprint density at radius 3 is 1.41 bits per heavy atom. The summed E-state index contributed by atoms with van der Waals surface area (Å²) in [5.41, 5.74) is 0. The van der Waals surface area contributed by atoms with Gasteiger partial charge < -0.3 is 35.2 Å². The minimum absolute atomic E-state index is 0.265. The molecule has 0 aromatic heterocycles. The zero-order valence-corrected chi connectivity index (χ0v) is 41.4. The highest BCUT2D eigenvalue weighted by molar-refractivity contribution is 7.80. The molecule has 1 fully saturated rings. The first-order valence-corrected chi connectivity index (χ1v) is 27.6. The molecule has 0 spiro atoms. The van der Waals surface area contributed by atoms with Crippen LogP contribution in [0.15, 0.2) is 24.3 Å². The third kappa shape index (κ3) is 34.0. The number of ether oxygens (including phenoxy) is 2. The molecule has 0 aromatic rings. The molecule has 6 N–H and O–H groups in total. The Morgan fingerprint density at radius 2 is 1.00 bits per heavy atom. The van der Waals surface area contributed by atoms with E-state index < -0.39 is 59.9 Å². The fourth-order valence-corrected chi connectivity index (χ4v) is 8.90. The van der Waals surface area contributed by atoms with Crippen LogP contribution < -0.4 is 5.32 Å². The number of nitrogens with one attached hydrogen (secondary N) is 1. The van der Waals surface area contributed by atoms with Crippen LogP contribution >= 0.6 is 0 Å². The second-order valence-corrected chi connectivity index (χ2v) is 19.5. The van der Waals surface area contributed by atoms with Crippen molar-refractivity contribution in [2.45, 2.75) is 281 Å². The number of aliphatic hydroxyl groups excluding tert-OH is 4. The number of carbonyl (C=O) groups is 1. The highest BCUT2D eigenvalue weighted by atomic mass is 32.3. The van der Waals surface area contributed by atoms with Crippen LogP contribution in [0.3, 0.4) is 0 Å². The van der Waals surface area contributed by atoms with E-state index in [1.807, 2.05) is 6.08 Å². The summed E-state index contributed by atoms with van der Waals surface area (Å²) in [6.45, 7) is 3.41.